The summed E-state index contributed by atoms with van der Waals surface area (Å²) in [5, 5.41) is 3.05. The smallest absolute Gasteiger partial charge is 0.318 e. The van der Waals surface area contributed by atoms with E-state index in [2.05, 4.69) is 15.3 Å². The molecule has 0 bridgehead atoms. The van der Waals surface area contributed by atoms with Crippen LogP contribution in [0.3, 0.4) is 0 Å². The number of H-pyrrole nitrogens is 1. The van der Waals surface area contributed by atoms with E-state index in [9.17, 15) is 4.79 Å². The third-order valence-electron chi connectivity index (χ3n) is 5.09. The monoisotopic (exact) mass is 364 g/mol. The summed E-state index contributed by atoms with van der Waals surface area (Å²) >= 11 is 0. The van der Waals surface area contributed by atoms with Crippen LogP contribution in [-0.4, -0.2) is 41.1 Å². The van der Waals surface area contributed by atoms with Crippen LogP contribution in [0.2, 0.25) is 0 Å². The average molecular weight is 364 g/mol. The Morgan fingerprint density at radius 1 is 1.26 bits per heavy atom. The summed E-state index contributed by atoms with van der Waals surface area (Å²) in [6, 6.07) is 15.9. The normalized spacial score (nSPS) is 16.6. The highest BCUT2D eigenvalue weighted by atomic mass is 16.5. The summed E-state index contributed by atoms with van der Waals surface area (Å²) in [6.45, 7) is 1.37. The molecule has 0 radical (unpaired) electrons. The van der Waals surface area contributed by atoms with Crippen LogP contribution in [0.15, 0.2) is 48.5 Å². The minimum atomic E-state index is -0.0218. The minimum Gasteiger partial charge on any atom is -0.497 e. The van der Waals surface area contributed by atoms with Crippen LogP contribution in [0, 0.1) is 0 Å². The molecule has 6 nitrogen and oxygen atoms in total. The summed E-state index contributed by atoms with van der Waals surface area (Å²) in [5.74, 6) is 1.72. The molecule has 1 aromatic heterocycles. The average Bonchev–Trinajstić information content (AvgIpc) is 3.35. The van der Waals surface area contributed by atoms with Gasteiger partial charge in [-0.15, -0.1) is 0 Å². The van der Waals surface area contributed by atoms with Gasteiger partial charge in [0, 0.05) is 13.1 Å². The molecule has 6 heteroatoms. The van der Waals surface area contributed by atoms with Gasteiger partial charge in [0.25, 0.3) is 0 Å². The van der Waals surface area contributed by atoms with Crippen molar-refractivity contribution in [1.82, 2.24) is 20.2 Å². The van der Waals surface area contributed by atoms with Crippen LogP contribution in [0.1, 0.15) is 30.3 Å². The molecule has 1 aliphatic rings. The Morgan fingerprint density at radius 3 is 2.85 bits per heavy atom. The number of para-hydroxylation sites is 2. The number of carbonyl (C=O) groups is 1. The van der Waals surface area contributed by atoms with Gasteiger partial charge in [0.1, 0.15) is 11.6 Å². The topological polar surface area (TPSA) is 70.2 Å². The van der Waals surface area contributed by atoms with Crippen LogP contribution < -0.4 is 10.1 Å². The van der Waals surface area contributed by atoms with E-state index in [1.54, 1.807) is 7.11 Å². The number of amides is 2. The van der Waals surface area contributed by atoms with Gasteiger partial charge < -0.3 is 19.9 Å². The van der Waals surface area contributed by atoms with Gasteiger partial charge in [-0.1, -0.05) is 24.3 Å². The van der Waals surface area contributed by atoms with E-state index in [4.69, 9.17) is 4.74 Å². The number of aromatic amines is 1. The lowest BCUT2D eigenvalue weighted by Crippen LogP contribution is -2.40. The second-order valence-electron chi connectivity index (χ2n) is 6.82. The van der Waals surface area contributed by atoms with Crippen LogP contribution in [0.4, 0.5) is 4.79 Å². The fourth-order valence-corrected chi connectivity index (χ4v) is 3.63. The van der Waals surface area contributed by atoms with Gasteiger partial charge in [-0.3, -0.25) is 0 Å². The van der Waals surface area contributed by atoms with Crippen molar-refractivity contribution in [1.29, 1.82) is 0 Å². The van der Waals surface area contributed by atoms with Gasteiger partial charge in [-0.25, -0.2) is 9.78 Å². The number of carbonyl (C=O) groups excluding carboxylic acids is 1. The Bertz CT molecular complexity index is 886. The molecule has 27 heavy (non-hydrogen) atoms. The molecular formula is C21H24N4O2. The number of imidazole rings is 1. The van der Waals surface area contributed by atoms with E-state index in [-0.39, 0.29) is 12.1 Å². The zero-order valence-corrected chi connectivity index (χ0v) is 15.4. The van der Waals surface area contributed by atoms with Gasteiger partial charge in [0.2, 0.25) is 0 Å². The Balaban J connectivity index is 1.37. The summed E-state index contributed by atoms with van der Waals surface area (Å²) in [7, 11) is 1.66. The summed E-state index contributed by atoms with van der Waals surface area (Å²) in [4.78, 5) is 22.6. The van der Waals surface area contributed by atoms with Crippen LogP contribution in [-0.2, 0) is 6.42 Å². The Labute approximate surface area is 158 Å². The molecule has 3 aromatic rings. The van der Waals surface area contributed by atoms with Crippen molar-refractivity contribution in [3.05, 3.63) is 59.9 Å². The van der Waals surface area contributed by atoms with E-state index in [0.717, 1.165) is 48.4 Å². The van der Waals surface area contributed by atoms with Crippen LogP contribution in [0.5, 0.6) is 5.75 Å². The zero-order chi connectivity index (χ0) is 18.6. The first-order valence-corrected chi connectivity index (χ1v) is 9.36. The molecule has 2 N–H and O–H groups in total. The van der Waals surface area contributed by atoms with Crippen molar-refractivity contribution < 1.29 is 9.53 Å². The Hall–Kier alpha value is -3.02. The van der Waals surface area contributed by atoms with Gasteiger partial charge >= 0.3 is 6.03 Å². The molecule has 140 valence electrons. The molecule has 0 aliphatic carbocycles. The lowest BCUT2D eigenvalue weighted by Gasteiger charge is -2.23. The standard InChI is InChI=1S/C21H24N4O2/c1-27-16-10-8-15(9-11-16)12-13-22-21(26)25-14-4-7-19(25)20-23-17-5-2-3-6-18(17)24-20/h2-3,5-6,8-11,19H,4,7,12-14H2,1H3,(H,22,26)(H,23,24). The fourth-order valence-electron chi connectivity index (χ4n) is 3.63. The van der Waals surface area contributed by atoms with Crippen molar-refractivity contribution in [2.45, 2.75) is 25.3 Å². The highest BCUT2D eigenvalue weighted by Gasteiger charge is 2.31. The van der Waals surface area contributed by atoms with Crippen molar-refractivity contribution >= 4 is 17.1 Å². The Morgan fingerprint density at radius 2 is 2.07 bits per heavy atom. The Kier molecular flexibility index (Phi) is 4.96. The predicted molar refractivity (Wildman–Crippen MR) is 105 cm³/mol. The SMILES string of the molecule is COc1ccc(CCNC(=O)N2CCCC2c2nc3ccccc3[nH]2)cc1. The van der Waals surface area contributed by atoms with E-state index < -0.39 is 0 Å². The number of rotatable bonds is 5. The zero-order valence-electron chi connectivity index (χ0n) is 15.4. The van der Waals surface area contributed by atoms with Gasteiger partial charge in [-0.05, 0) is 49.1 Å². The maximum absolute atomic E-state index is 12.7. The second kappa shape index (κ2) is 7.70. The molecule has 1 fully saturated rings. The quantitative estimate of drug-likeness (QED) is 0.726. The number of aromatic nitrogens is 2. The molecule has 0 saturated carbocycles. The van der Waals surface area contributed by atoms with E-state index in [1.165, 1.54) is 5.56 Å². The molecule has 2 amide bonds. The summed E-state index contributed by atoms with van der Waals surface area (Å²) < 4.78 is 5.17. The van der Waals surface area contributed by atoms with E-state index in [1.807, 2.05) is 53.4 Å². The van der Waals surface area contributed by atoms with Gasteiger partial charge in [0.05, 0.1) is 24.2 Å². The molecule has 1 saturated heterocycles. The lowest BCUT2D eigenvalue weighted by molar-refractivity contribution is 0.191. The molecule has 0 spiro atoms. The van der Waals surface area contributed by atoms with Crippen molar-refractivity contribution in [3.63, 3.8) is 0 Å². The second-order valence-corrected chi connectivity index (χ2v) is 6.82. The van der Waals surface area contributed by atoms with Crippen molar-refractivity contribution in [3.8, 4) is 5.75 Å². The number of nitrogens with one attached hydrogen (secondary N) is 2. The molecule has 2 heterocycles. The maximum Gasteiger partial charge on any atom is 0.318 e. The van der Waals surface area contributed by atoms with Gasteiger partial charge in [-0.2, -0.15) is 0 Å². The molecule has 1 unspecified atom stereocenters. The molecular weight excluding hydrogens is 340 g/mol. The molecule has 1 atom stereocenters. The first kappa shape index (κ1) is 17.4. The summed E-state index contributed by atoms with van der Waals surface area (Å²) in [5.41, 5.74) is 3.13. The highest BCUT2D eigenvalue weighted by Crippen LogP contribution is 2.31. The molecule has 1 aliphatic heterocycles. The maximum atomic E-state index is 12.7. The number of methoxy groups -OCH3 is 1. The first-order valence-electron chi connectivity index (χ1n) is 9.36. The van der Waals surface area contributed by atoms with E-state index in [0.29, 0.717) is 6.54 Å². The number of nitrogens with zero attached hydrogens (tertiary/aromatic N) is 2. The lowest BCUT2D eigenvalue weighted by atomic mass is 10.1. The van der Waals surface area contributed by atoms with E-state index >= 15 is 0 Å². The number of benzene rings is 2. The summed E-state index contributed by atoms with van der Waals surface area (Å²) in [6.07, 6.45) is 2.72. The minimum absolute atomic E-state index is 0.0124. The van der Waals surface area contributed by atoms with Crippen molar-refractivity contribution in [2.24, 2.45) is 0 Å². The predicted octanol–water partition coefficient (Wildman–Crippen LogP) is 3.66. The molecule has 2 aromatic carbocycles. The largest absolute Gasteiger partial charge is 0.497 e. The number of hydrogen-bond donors (Lipinski definition) is 2. The third-order valence-corrected chi connectivity index (χ3v) is 5.09. The number of urea groups is 1. The number of hydrogen-bond acceptors (Lipinski definition) is 3. The van der Waals surface area contributed by atoms with Crippen LogP contribution >= 0.6 is 0 Å². The number of ether oxygens (including phenoxy) is 1. The number of fused-ring (bicyclic) bond motifs is 1. The number of likely N-dealkylation sites (tertiary alicyclic amines) is 1. The van der Waals surface area contributed by atoms with Gasteiger partial charge in [0.15, 0.2) is 0 Å². The van der Waals surface area contributed by atoms with Crippen LogP contribution in [0.25, 0.3) is 11.0 Å². The van der Waals surface area contributed by atoms with Crippen molar-refractivity contribution in [2.75, 3.05) is 20.2 Å². The highest BCUT2D eigenvalue weighted by molar-refractivity contribution is 5.77. The third kappa shape index (κ3) is 3.74. The molecule has 4 rings (SSSR count). The first-order chi connectivity index (χ1) is 13.2. The fraction of sp³-hybridized carbons (Fsp3) is 0.333.